The molecule has 0 spiro atoms. The predicted molar refractivity (Wildman–Crippen MR) is 61.8 cm³/mol. The average molecular weight is 229 g/mol. The van der Waals surface area contributed by atoms with Crippen molar-refractivity contribution in [3.63, 3.8) is 0 Å². The van der Waals surface area contributed by atoms with E-state index in [0.29, 0.717) is 38.6 Å². The lowest BCUT2D eigenvalue weighted by atomic mass is 10.0. The van der Waals surface area contributed by atoms with E-state index >= 15 is 0 Å². The molecule has 1 aliphatic heterocycles. The van der Waals surface area contributed by atoms with E-state index in [2.05, 4.69) is 13.8 Å². The quantitative estimate of drug-likeness (QED) is 0.698. The first kappa shape index (κ1) is 13.5. The van der Waals surface area contributed by atoms with Crippen molar-refractivity contribution in [2.45, 2.75) is 39.5 Å². The molecule has 1 rings (SSSR count). The van der Waals surface area contributed by atoms with Crippen molar-refractivity contribution in [1.29, 1.82) is 0 Å². The summed E-state index contributed by atoms with van der Waals surface area (Å²) in [5.74, 6) is 0.319. The summed E-state index contributed by atoms with van der Waals surface area (Å²) in [6, 6.07) is 0. The molecule has 4 nitrogen and oxygen atoms in total. The van der Waals surface area contributed by atoms with E-state index in [0.717, 1.165) is 6.42 Å². The normalized spacial score (nSPS) is 19.4. The molecule has 0 aliphatic carbocycles. The standard InChI is InChI=1S/C12H23NO3/c1-3-4-5-11(2)10-12(14)16-13-6-8-15-9-7-13/h11H,3-10H2,1-2H3. The summed E-state index contributed by atoms with van der Waals surface area (Å²) in [5.41, 5.74) is 0. The van der Waals surface area contributed by atoms with Gasteiger partial charge in [-0.25, -0.2) is 0 Å². The average Bonchev–Trinajstić information content (AvgIpc) is 2.27. The molecule has 0 aromatic rings. The number of carbonyl (C=O) groups is 1. The molecule has 1 fully saturated rings. The van der Waals surface area contributed by atoms with Crippen LogP contribution in [0.4, 0.5) is 0 Å². The Labute approximate surface area is 97.9 Å². The molecule has 1 unspecified atom stereocenters. The fraction of sp³-hybridized carbons (Fsp3) is 0.917. The molecule has 0 aromatic carbocycles. The van der Waals surface area contributed by atoms with Crippen molar-refractivity contribution >= 4 is 5.97 Å². The van der Waals surface area contributed by atoms with Gasteiger partial charge >= 0.3 is 5.97 Å². The molecule has 0 saturated carbocycles. The Balaban J connectivity index is 2.13. The van der Waals surface area contributed by atoms with Crippen molar-refractivity contribution < 1.29 is 14.4 Å². The smallest absolute Gasteiger partial charge is 0.325 e. The summed E-state index contributed by atoms with van der Waals surface area (Å²) in [7, 11) is 0. The van der Waals surface area contributed by atoms with E-state index in [1.165, 1.54) is 12.8 Å². The van der Waals surface area contributed by atoms with Crippen molar-refractivity contribution in [2.24, 2.45) is 5.92 Å². The number of carbonyl (C=O) groups excluding carboxylic acids is 1. The Morgan fingerprint density at radius 1 is 1.44 bits per heavy atom. The van der Waals surface area contributed by atoms with Crippen LogP contribution < -0.4 is 0 Å². The summed E-state index contributed by atoms with van der Waals surface area (Å²) in [6.07, 6.45) is 4.00. The molecule has 94 valence electrons. The molecule has 0 N–H and O–H groups in total. The molecule has 0 radical (unpaired) electrons. The minimum absolute atomic E-state index is 0.106. The Bertz CT molecular complexity index is 202. The van der Waals surface area contributed by atoms with Crippen molar-refractivity contribution in [3.05, 3.63) is 0 Å². The van der Waals surface area contributed by atoms with Crippen LogP contribution in [-0.4, -0.2) is 37.3 Å². The van der Waals surface area contributed by atoms with Crippen LogP contribution in [0.5, 0.6) is 0 Å². The number of hydrogen-bond donors (Lipinski definition) is 0. The third-order valence-corrected chi connectivity index (χ3v) is 2.77. The number of hydrogen-bond acceptors (Lipinski definition) is 4. The van der Waals surface area contributed by atoms with Gasteiger partial charge in [0.05, 0.1) is 26.3 Å². The van der Waals surface area contributed by atoms with Crippen LogP contribution in [0.15, 0.2) is 0 Å². The van der Waals surface area contributed by atoms with E-state index < -0.39 is 0 Å². The minimum atomic E-state index is -0.106. The van der Waals surface area contributed by atoms with Gasteiger partial charge in [-0.15, -0.1) is 5.06 Å². The summed E-state index contributed by atoms with van der Waals surface area (Å²) >= 11 is 0. The second-order valence-electron chi connectivity index (χ2n) is 4.46. The molecular formula is C12H23NO3. The molecule has 0 aromatic heterocycles. The highest BCUT2D eigenvalue weighted by Crippen LogP contribution is 2.13. The van der Waals surface area contributed by atoms with Crippen LogP contribution in [-0.2, 0) is 14.4 Å². The molecule has 1 saturated heterocycles. The number of hydroxylamine groups is 2. The van der Waals surface area contributed by atoms with E-state index in [4.69, 9.17) is 9.57 Å². The van der Waals surface area contributed by atoms with Crippen LogP contribution in [0.3, 0.4) is 0 Å². The third-order valence-electron chi connectivity index (χ3n) is 2.77. The van der Waals surface area contributed by atoms with Gasteiger partial charge in [0.25, 0.3) is 0 Å². The Kier molecular flexibility index (Phi) is 6.42. The fourth-order valence-corrected chi connectivity index (χ4v) is 1.76. The monoisotopic (exact) mass is 229 g/mol. The maximum absolute atomic E-state index is 11.6. The van der Waals surface area contributed by atoms with Gasteiger partial charge < -0.3 is 9.57 Å². The number of rotatable bonds is 6. The molecular weight excluding hydrogens is 206 g/mol. The molecule has 1 atom stereocenters. The zero-order valence-corrected chi connectivity index (χ0v) is 10.4. The second-order valence-corrected chi connectivity index (χ2v) is 4.46. The van der Waals surface area contributed by atoms with Gasteiger partial charge in [-0.05, 0) is 5.92 Å². The van der Waals surface area contributed by atoms with Gasteiger partial charge in [-0.2, -0.15) is 0 Å². The zero-order valence-electron chi connectivity index (χ0n) is 10.4. The van der Waals surface area contributed by atoms with Crippen LogP contribution in [0.1, 0.15) is 39.5 Å². The molecule has 1 heterocycles. The SMILES string of the molecule is CCCCC(C)CC(=O)ON1CCOCC1. The predicted octanol–water partition coefficient (Wildman–Crippen LogP) is 1.99. The highest BCUT2D eigenvalue weighted by molar-refractivity contribution is 5.69. The maximum Gasteiger partial charge on any atom is 0.325 e. The van der Waals surface area contributed by atoms with Crippen molar-refractivity contribution in [3.8, 4) is 0 Å². The topological polar surface area (TPSA) is 38.8 Å². The van der Waals surface area contributed by atoms with E-state index in [1.807, 2.05) is 0 Å². The second kappa shape index (κ2) is 7.63. The Hall–Kier alpha value is -0.610. The Morgan fingerprint density at radius 3 is 2.75 bits per heavy atom. The van der Waals surface area contributed by atoms with Gasteiger partial charge in [0.1, 0.15) is 0 Å². The molecule has 0 amide bonds. The van der Waals surface area contributed by atoms with Gasteiger partial charge in [0.15, 0.2) is 0 Å². The first-order chi connectivity index (χ1) is 7.72. The summed E-state index contributed by atoms with van der Waals surface area (Å²) in [6.45, 7) is 6.95. The molecule has 1 aliphatic rings. The van der Waals surface area contributed by atoms with Crippen LogP contribution in [0.2, 0.25) is 0 Å². The van der Waals surface area contributed by atoms with Gasteiger partial charge in [0, 0.05) is 6.42 Å². The number of ether oxygens (including phenoxy) is 1. The lowest BCUT2D eigenvalue weighted by molar-refractivity contribution is -0.206. The van der Waals surface area contributed by atoms with Crippen LogP contribution in [0.25, 0.3) is 0 Å². The van der Waals surface area contributed by atoms with Crippen molar-refractivity contribution in [2.75, 3.05) is 26.3 Å². The first-order valence-corrected chi connectivity index (χ1v) is 6.26. The van der Waals surface area contributed by atoms with Crippen LogP contribution >= 0.6 is 0 Å². The van der Waals surface area contributed by atoms with Gasteiger partial charge in [0.2, 0.25) is 0 Å². The Morgan fingerprint density at radius 2 is 2.12 bits per heavy atom. The van der Waals surface area contributed by atoms with Crippen LogP contribution in [0, 0.1) is 5.92 Å². The third kappa shape index (κ3) is 5.47. The number of nitrogens with zero attached hydrogens (tertiary/aromatic N) is 1. The van der Waals surface area contributed by atoms with E-state index in [1.54, 1.807) is 5.06 Å². The van der Waals surface area contributed by atoms with Gasteiger partial charge in [-0.3, -0.25) is 4.79 Å². The summed E-state index contributed by atoms with van der Waals surface area (Å²) in [5, 5.41) is 1.71. The van der Waals surface area contributed by atoms with Crippen molar-refractivity contribution in [1.82, 2.24) is 5.06 Å². The highest BCUT2D eigenvalue weighted by Gasteiger charge is 2.17. The maximum atomic E-state index is 11.6. The first-order valence-electron chi connectivity index (χ1n) is 6.26. The number of unbranched alkanes of at least 4 members (excludes halogenated alkanes) is 1. The summed E-state index contributed by atoms with van der Waals surface area (Å²) in [4.78, 5) is 16.8. The lowest BCUT2D eigenvalue weighted by Crippen LogP contribution is -2.38. The highest BCUT2D eigenvalue weighted by atomic mass is 16.7. The lowest BCUT2D eigenvalue weighted by Gasteiger charge is -2.25. The largest absolute Gasteiger partial charge is 0.379 e. The zero-order chi connectivity index (χ0) is 11.8. The number of morpholine rings is 1. The van der Waals surface area contributed by atoms with E-state index in [-0.39, 0.29) is 5.97 Å². The summed E-state index contributed by atoms with van der Waals surface area (Å²) < 4.78 is 5.18. The van der Waals surface area contributed by atoms with Gasteiger partial charge in [-0.1, -0.05) is 33.1 Å². The molecule has 4 heteroatoms. The molecule has 0 bridgehead atoms. The van der Waals surface area contributed by atoms with E-state index in [9.17, 15) is 4.79 Å². The fourth-order valence-electron chi connectivity index (χ4n) is 1.76. The minimum Gasteiger partial charge on any atom is -0.379 e. The molecule has 16 heavy (non-hydrogen) atoms.